The van der Waals surface area contributed by atoms with Crippen molar-refractivity contribution in [2.45, 2.75) is 18.6 Å². The van der Waals surface area contributed by atoms with Crippen LogP contribution in [-0.4, -0.2) is 31.5 Å². The van der Waals surface area contributed by atoms with Crippen molar-refractivity contribution in [3.63, 3.8) is 0 Å². The maximum absolute atomic E-state index is 13.2. The number of amides is 1. The van der Waals surface area contributed by atoms with Crippen molar-refractivity contribution < 1.29 is 13.8 Å². The van der Waals surface area contributed by atoms with Gasteiger partial charge in [-0.15, -0.1) is 0 Å². The summed E-state index contributed by atoms with van der Waals surface area (Å²) in [5, 5.41) is 10.6. The van der Waals surface area contributed by atoms with Crippen LogP contribution >= 0.6 is 11.8 Å². The lowest BCUT2D eigenvalue weighted by molar-refractivity contribution is -0.113. The van der Waals surface area contributed by atoms with E-state index in [1.807, 2.05) is 28.8 Å². The Morgan fingerprint density at radius 3 is 2.71 bits per heavy atom. The summed E-state index contributed by atoms with van der Waals surface area (Å²) in [5.41, 5.74) is 3.25. The van der Waals surface area contributed by atoms with Gasteiger partial charge >= 0.3 is 0 Å². The first-order valence-corrected chi connectivity index (χ1v) is 9.50. The van der Waals surface area contributed by atoms with Gasteiger partial charge in [-0.05, 0) is 41.9 Å². The second-order valence-electron chi connectivity index (χ2n) is 6.13. The summed E-state index contributed by atoms with van der Waals surface area (Å²) < 4.78 is 19.8. The molecule has 0 bridgehead atoms. The Kier molecular flexibility index (Phi) is 5.07. The lowest BCUT2D eigenvalue weighted by Gasteiger charge is -2.09. The number of thioether (sulfide) groups is 1. The normalized spacial score (nSPS) is 11.1. The third-order valence-electron chi connectivity index (χ3n) is 4.12. The van der Waals surface area contributed by atoms with Crippen LogP contribution in [0.5, 0.6) is 0 Å². The molecule has 4 rings (SSSR count). The lowest BCUT2D eigenvalue weighted by atomic mass is 10.2. The van der Waals surface area contributed by atoms with E-state index in [-0.39, 0.29) is 17.5 Å². The number of hydrogen-bond acceptors (Lipinski definition) is 6. The van der Waals surface area contributed by atoms with E-state index in [0.29, 0.717) is 23.2 Å². The van der Waals surface area contributed by atoms with Crippen LogP contribution in [0.1, 0.15) is 11.3 Å². The fourth-order valence-corrected chi connectivity index (χ4v) is 3.55. The molecule has 0 radical (unpaired) electrons. The number of halogens is 1. The third kappa shape index (κ3) is 3.89. The molecule has 2 aromatic carbocycles. The molecule has 0 fully saturated rings. The fourth-order valence-electron chi connectivity index (χ4n) is 2.73. The number of aryl methyl sites for hydroxylation is 1. The Hall–Kier alpha value is -3.20. The van der Waals surface area contributed by atoms with Gasteiger partial charge in [0.2, 0.25) is 5.91 Å². The standard InChI is InChI=1S/C19H16FN5O2S/c1-12-18(24-27-23-12)22-17(26)11-28-19-21-15-4-2-3-5-16(15)25(19)10-13-6-8-14(20)9-7-13/h2-9H,10-11H2,1H3,(H,22,24,26). The molecule has 0 aliphatic heterocycles. The van der Waals surface area contributed by atoms with Gasteiger partial charge in [0.15, 0.2) is 11.0 Å². The van der Waals surface area contributed by atoms with Crippen LogP contribution in [0.25, 0.3) is 11.0 Å². The Morgan fingerprint density at radius 2 is 1.96 bits per heavy atom. The van der Waals surface area contributed by atoms with Crippen molar-refractivity contribution in [3.8, 4) is 0 Å². The van der Waals surface area contributed by atoms with E-state index in [2.05, 4.69) is 25.2 Å². The second-order valence-corrected chi connectivity index (χ2v) is 7.07. The molecule has 28 heavy (non-hydrogen) atoms. The molecule has 1 N–H and O–H groups in total. The molecule has 0 saturated heterocycles. The minimum absolute atomic E-state index is 0.152. The van der Waals surface area contributed by atoms with Crippen molar-refractivity contribution >= 4 is 34.5 Å². The number of rotatable bonds is 6. The number of anilines is 1. The average molecular weight is 397 g/mol. The van der Waals surface area contributed by atoms with Gasteiger partial charge in [0.25, 0.3) is 0 Å². The van der Waals surface area contributed by atoms with Gasteiger partial charge < -0.3 is 9.88 Å². The molecule has 0 unspecified atom stereocenters. The first-order valence-electron chi connectivity index (χ1n) is 8.51. The summed E-state index contributed by atoms with van der Waals surface area (Å²) in [7, 11) is 0. The monoisotopic (exact) mass is 397 g/mol. The maximum atomic E-state index is 13.2. The van der Waals surface area contributed by atoms with Crippen LogP contribution in [0.4, 0.5) is 10.2 Å². The first kappa shape index (κ1) is 18.2. The molecule has 142 valence electrons. The molecular weight excluding hydrogens is 381 g/mol. The van der Waals surface area contributed by atoms with E-state index in [9.17, 15) is 9.18 Å². The highest BCUT2D eigenvalue weighted by molar-refractivity contribution is 7.99. The van der Waals surface area contributed by atoms with Crippen LogP contribution in [0.3, 0.4) is 0 Å². The molecule has 0 aliphatic rings. The SMILES string of the molecule is Cc1nonc1NC(=O)CSc1nc2ccccc2n1Cc1ccc(F)cc1. The van der Waals surface area contributed by atoms with E-state index in [0.717, 1.165) is 16.6 Å². The molecule has 4 aromatic rings. The Balaban J connectivity index is 1.55. The van der Waals surface area contributed by atoms with Crippen LogP contribution in [-0.2, 0) is 11.3 Å². The number of imidazole rings is 1. The number of carbonyl (C=O) groups excluding carboxylic acids is 1. The van der Waals surface area contributed by atoms with Gasteiger partial charge in [0.05, 0.1) is 23.3 Å². The number of hydrogen-bond donors (Lipinski definition) is 1. The molecular formula is C19H16FN5O2S. The second kappa shape index (κ2) is 7.81. The average Bonchev–Trinajstić information content (AvgIpc) is 3.25. The molecule has 0 spiro atoms. The molecule has 2 aromatic heterocycles. The number of aromatic nitrogens is 4. The Morgan fingerprint density at radius 1 is 1.18 bits per heavy atom. The van der Waals surface area contributed by atoms with E-state index in [1.165, 1.54) is 23.9 Å². The van der Waals surface area contributed by atoms with Gasteiger partial charge in [0, 0.05) is 0 Å². The van der Waals surface area contributed by atoms with Gasteiger partial charge in [0.1, 0.15) is 11.5 Å². The fraction of sp³-hybridized carbons (Fsp3) is 0.158. The van der Waals surface area contributed by atoms with Crippen molar-refractivity contribution in [1.29, 1.82) is 0 Å². The predicted molar refractivity (Wildman–Crippen MR) is 104 cm³/mol. The first-order chi connectivity index (χ1) is 13.6. The summed E-state index contributed by atoms with van der Waals surface area (Å²) in [6, 6.07) is 14.1. The molecule has 1 amide bonds. The van der Waals surface area contributed by atoms with Crippen LogP contribution in [0, 0.1) is 12.7 Å². The number of para-hydroxylation sites is 2. The maximum Gasteiger partial charge on any atom is 0.236 e. The van der Waals surface area contributed by atoms with Crippen LogP contribution < -0.4 is 5.32 Å². The van der Waals surface area contributed by atoms with Crippen molar-refractivity contribution in [3.05, 3.63) is 65.6 Å². The highest BCUT2D eigenvalue weighted by atomic mass is 32.2. The Labute approximate surface area is 163 Å². The van der Waals surface area contributed by atoms with Gasteiger partial charge in [-0.1, -0.05) is 41.2 Å². The van der Waals surface area contributed by atoms with E-state index in [4.69, 9.17) is 0 Å². The van der Waals surface area contributed by atoms with Crippen molar-refractivity contribution in [2.24, 2.45) is 0 Å². The van der Waals surface area contributed by atoms with Crippen molar-refractivity contribution in [2.75, 3.05) is 11.1 Å². The van der Waals surface area contributed by atoms with Crippen LogP contribution in [0.15, 0.2) is 58.3 Å². The smallest absolute Gasteiger partial charge is 0.236 e. The summed E-state index contributed by atoms with van der Waals surface area (Å²) >= 11 is 1.32. The third-order valence-corrected chi connectivity index (χ3v) is 5.09. The van der Waals surface area contributed by atoms with Gasteiger partial charge in [-0.25, -0.2) is 14.0 Å². The number of benzene rings is 2. The van der Waals surface area contributed by atoms with Crippen molar-refractivity contribution in [1.82, 2.24) is 19.9 Å². The zero-order valence-corrected chi connectivity index (χ0v) is 15.7. The van der Waals surface area contributed by atoms with Gasteiger partial charge in [-0.2, -0.15) is 0 Å². The minimum atomic E-state index is -0.275. The highest BCUT2D eigenvalue weighted by Crippen LogP contribution is 2.25. The summed E-state index contributed by atoms with van der Waals surface area (Å²) in [6.07, 6.45) is 0. The number of nitrogens with zero attached hydrogens (tertiary/aromatic N) is 4. The largest absolute Gasteiger partial charge is 0.314 e. The van der Waals surface area contributed by atoms with E-state index >= 15 is 0 Å². The van der Waals surface area contributed by atoms with Gasteiger partial charge in [-0.3, -0.25) is 4.79 Å². The molecule has 9 heteroatoms. The Bertz CT molecular complexity index is 1120. The summed E-state index contributed by atoms with van der Waals surface area (Å²) in [6.45, 7) is 2.22. The summed E-state index contributed by atoms with van der Waals surface area (Å²) in [4.78, 5) is 16.9. The molecule has 0 saturated carbocycles. The quantitative estimate of drug-likeness (QED) is 0.500. The topological polar surface area (TPSA) is 85.8 Å². The number of carbonyl (C=O) groups is 1. The molecule has 0 atom stereocenters. The van der Waals surface area contributed by atoms with Crippen LogP contribution in [0.2, 0.25) is 0 Å². The molecule has 0 aliphatic carbocycles. The number of fused-ring (bicyclic) bond motifs is 1. The highest BCUT2D eigenvalue weighted by Gasteiger charge is 2.15. The minimum Gasteiger partial charge on any atom is -0.314 e. The number of nitrogens with one attached hydrogen (secondary N) is 1. The molecule has 7 nitrogen and oxygen atoms in total. The summed E-state index contributed by atoms with van der Waals surface area (Å²) in [5.74, 6) is -0.0447. The predicted octanol–water partition coefficient (Wildman–Crippen LogP) is 3.65. The van der Waals surface area contributed by atoms with E-state index in [1.54, 1.807) is 19.1 Å². The van der Waals surface area contributed by atoms with E-state index < -0.39 is 0 Å². The molecule has 2 heterocycles. The zero-order chi connectivity index (χ0) is 19.5. The zero-order valence-electron chi connectivity index (χ0n) is 14.9. The lowest BCUT2D eigenvalue weighted by Crippen LogP contribution is -2.15.